The Balaban J connectivity index is 1.44. The minimum atomic E-state index is -0.758. The average molecular weight is 623 g/mol. The Labute approximate surface area is 267 Å². The van der Waals surface area contributed by atoms with Gasteiger partial charge in [-0.1, -0.05) is 24.3 Å². The highest BCUT2D eigenvalue weighted by Crippen LogP contribution is 2.40. The number of rotatable bonds is 6. The SMILES string of the molecule is C#Cc1c(F)ccc2cc(O)cc(-c3nc(C#CC)c4c(N5C[C@H]6CC[C@@H](C5)N6)nc(O[C@@H](C)CN5CCCCC5)nc4c3F)c12. The van der Waals surface area contributed by atoms with Crippen molar-refractivity contribution in [2.45, 2.75) is 64.1 Å². The minimum Gasteiger partial charge on any atom is -0.508 e. The summed E-state index contributed by atoms with van der Waals surface area (Å²) >= 11 is 0. The number of phenols is 1. The van der Waals surface area contributed by atoms with Gasteiger partial charge in [0.1, 0.15) is 40.4 Å². The zero-order chi connectivity index (χ0) is 31.9. The van der Waals surface area contributed by atoms with Gasteiger partial charge in [-0.25, -0.2) is 13.8 Å². The van der Waals surface area contributed by atoms with Crippen molar-refractivity contribution >= 4 is 27.5 Å². The molecule has 5 heterocycles. The molecule has 2 aromatic heterocycles. The van der Waals surface area contributed by atoms with E-state index in [9.17, 15) is 9.50 Å². The number of piperidine rings is 1. The summed E-state index contributed by atoms with van der Waals surface area (Å²) in [4.78, 5) is 18.8. The van der Waals surface area contributed by atoms with Crippen LogP contribution in [-0.4, -0.2) is 75.9 Å². The van der Waals surface area contributed by atoms with Crippen molar-refractivity contribution < 1.29 is 18.6 Å². The molecule has 0 aliphatic carbocycles. The van der Waals surface area contributed by atoms with Gasteiger partial charge in [0.2, 0.25) is 0 Å². The fourth-order valence-electron chi connectivity index (χ4n) is 7.25. The molecule has 3 aliphatic rings. The monoisotopic (exact) mass is 622 g/mol. The number of terminal acetylenes is 1. The number of nitrogens with one attached hydrogen (secondary N) is 1. The average Bonchev–Trinajstić information content (AvgIpc) is 3.39. The molecule has 0 amide bonds. The zero-order valence-corrected chi connectivity index (χ0v) is 26.0. The molecular formula is C36H36F2N6O2. The number of hydrogen-bond acceptors (Lipinski definition) is 8. The van der Waals surface area contributed by atoms with Crippen molar-refractivity contribution in [1.82, 2.24) is 25.2 Å². The Morgan fingerprint density at radius 1 is 1.07 bits per heavy atom. The minimum absolute atomic E-state index is 0.00560. The summed E-state index contributed by atoms with van der Waals surface area (Å²) in [6.07, 6.45) is 11.2. The third kappa shape index (κ3) is 5.57. The van der Waals surface area contributed by atoms with Gasteiger partial charge in [0.15, 0.2) is 5.82 Å². The first-order chi connectivity index (χ1) is 22.3. The smallest absolute Gasteiger partial charge is 0.319 e. The van der Waals surface area contributed by atoms with Crippen molar-refractivity contribution in [2.75, 3.05) is 37.6 Å². The van der Waals surface area contributed by atoms with E-state index in [0.29, 0.717) is 48.3 Å². The predicted molar refractivity (Wildman–Crippen MR) is 175 cm³/mol. The molecule has 3 aliphatic heterocycles. The molecule has 236 valence electrons. The molecule has 7 rings (SSSR count). The third-order valence-electron chi connectivity index (χ3n) is 9.23. The summed E-state index contributed by atoms with van der Waals surface area (Å²) in [7, 11) is 0. The predicted octanol–water partition coefficient (Wildman–Crippen LogP) is 5.38. The van der Waals surface area contributed by atoms with Gasteiger partial charge in [-0.05, 0) is 82.1 Å². The lowest BCUT2D eigenvalue weighted by molar-refractivity contribution is 0.123. The number of likely N-dealkylation sites (tertiary alicyclic amines) is 1. The molecule has 0 unspecified atom stereocenters. The molecule has 4 aromatic rings. The van der Waals surface area contributed by atoms with Crippen LogP contribution in [0.3, 0.4) is 0 Å². The van der Waals surface area contributed by atoms with Crippen molar-refractivity contribution in [3.63, 3.8) is 0 Å². The van der Waals surface area contributed by atoms with Crippen LogP contribution in [0.4, 0.5) is 14.6 Å². The highest BCUT2D eigenvalue weighted by molar-refractivity contribution is 6.04. The van der Waals surface area contributed by atoms with Gasteiger partial charge < -0.3 is 20.1 Å². The van der Waals surface area contributed by atoms with Crippen LogP contribution in [0.1, 0.15) is 57.2 Å². The largest absolute Gasteiger partial charge is 0.508 e. The lowest BCUT2D eigenvalue weighted by Gasteiger charge is -2.34. The van der Waals surface area contributed by atoms with Gasteiger partial charge in [-0.15, -0.1) is 6.42 Å². The maximum absolute atomic E-state index is 17.1. The quantitative estimate of drug-likeness (QED) is 0.278. The number of aromatic nitrogens is 3. The van der Waals surface area contributed by atoms with E-state index in [2.05, 4.69) is 37.9 Å². The standard InChI is InChI=1S/C36H36F2N6O2/c1-4-9-29-31-34(32(38)33(40-29)27-17-25(45)16-22-10-13-28(37)26(5-2)30(22)27)41-36(46-21(3)18-43-14-7-6-8-15-43)42-35(31)44-19-23-11-12-24(20-44)39-23/h2,10,13,16-17,21,23-24,39,45H,6-8,11-12,14-15,18-20H2,1,3H3/t21-,23-,24+/m0/s1. The van der Waals surface area contributed by atoms with Crippen LogP contribution in [-0.2, 0) is 0 Å². The van der Waals surface area contributed by atoms with E-state index in [4.69, 9.17) is 21.1 Å². The summed E-state index contributed by atoms with van der Waals surface area (Å²) in [5.74, 6) is 7.34. The van der Waals surface area contributed by atoms with Crippen molar-refractivity contribution in [3.8, 4) is 47.2 Å². The highest BCUT2D eigenvalue weighted by Gasteiger charge is 2.35. The molecule has 3 fully saturated rings. The second kappa shape index (κ2) is 12.4. The number of fused-ring (bicyclic) bond motifs is 4. The van der Waals surface area contributed by atoms with Gasteiger partial charge in [0.25, 0.3) is 0 Å². The zero-order valence-electron chi connectivity index (χ0n) is 26.0. The molecule has 0 radical (unpaired) electrons. The molecule has 0 spiro atoms. The van der Waals surface area contributed by atoms with Crippen LogP contribution >= 0.6 is 0 Å². The number of ether oxygens (including phenoxy) is 1. The van der Waals surface area contributed by atoms with Crippen molar-refractivity contribution in [2.24, 2.45) is 0 Å². The fraction of sp³-hybridized carbons (Fsp3) is 0.417. The number of aromatic hydroxyl groups is 1. The molecule has 0 saturated carbocycles. The van der Waals surface area contributed by atoms with Crippen LogP contribution < -0.4 is 15.0 Å². The molecular weight excluding hydrogens is 586 g/mol. The molecule has 2 N–H and O–H groups in total. The molecule has 46 heavy (non-hydrogen) atoms. The number of phenolic OH excluding ortho intramolecular Hbond substituents is 1. The number of nitrogens with zero attached hydrogens (tertiary/aromatic N) is 5. The Morgan fingerprint density at radius 2 is 1.83 bits per heavy atom. The summed E-state index contributed by atoms with van der Waals surface area (Å²) < 4.78 is 38.3. The van der Waals surface area contributed by atoms with Gasteiger partial charge >= 0.3 is 6.01 Å². The van der Waals surface area contributed by atoms with Crippen LogP contribution in [0.2, 0.25) is 0 Å². The van der Waals surface area contributed by atoms with Crippen molar-refractivity contribution in [3.05, 3.63) is 47.2 Å². The second-order valence-corrected chi connectivity index (χ2v) is 12.5. The fourth-order valence-corrected chi connectivity index (χ4v) is 7.25. The molecule has 3 atom stereocenters. The molecule has 8 nitrogen and oxygen atoms in total. The van der Waals surface area contributed by atoms with Gasteiger partial charge in [0, 0.05) is 42.7 Å². The van der Waals surface area contributed by atoms with E-state index in [0.717, 1.165) is 38.8 Å². The molecule has 2 aromatic carbocycles. The summed E-state index contributed by atoms with van der Waals surface area (Å²) in [6, 6.07) is 6.18. The van der Waals surface area contributed by atoms with Crippen molar-refractivity contribution in [1.29, 1.82) is 0 Å². The number of anilines is 1. The van der Waals surface area contributed by atoms with Crippen LogP contribution in [0.5, 0.6) is 11.8 Å². The Hall–Kier alpha value is -4.51. The van der Waals surface area contributed by atoms with Crippen LogP contribution in [0, 0.1) is 35.8 Å². The molecule has 3 saturated heterocycles. The van der Waals surface area contributed by atoms with E-state index >= 15 is 4.39 Å². The lowest BCUT2D eigenvalue weighted by Crippen LogP contribution is -2.51. The summed E-state index contributed by atoms with van der Waals surface area (Å²) in [5, 5.41) is 15.4. The first-order valence-electron chi connectivity index (χ1n) is 16.0. The van der Waals surface area contributed by atoms with Gasteiger partial charge in [-0.2, -0.15) is 9.97 Å². The second-order valence-electron chi connectivity index (χ2n) is 12.5. The number of piperazine rings is 1. The Bertz CT molecular complexity index is 1930. The van der Waals surface area contributed by atoms with E-state index in [1.165, 1.54) is 30.7 Å². The molecule has 2 bridgehead atoms. The summed E-state index contributed by atoms with van der Waals surface area (Å²) in [5.41, 5.74) is 0.215. The highest BCUT2D eigenvalue weighted by atomic mass is 19.1. The van der Waals surface area contributed by atoms with Gasteiger partial charge in [-0.3, -0.25) is 4.90 Å². The topological polar surface area (TPSA) is 86.6 Å². The van der Waals surface area contributed by atoms with E-state index in [1.807, 2.05) is 6.92 Å². The first kappa shape index (κ1) is 30.2. The van der Waals surface area contributed by atoms with E-state index < -0.39 is 11.6 Å². The van der Waals surface area contributed by atoms with Gasteiger partial charge in [0.05, 0.1) is 10.9 Å². The summed E-state index contributed by atoms with van der Waals surface area (Å²) in [6.45, 7) is 7.78. The number of halogens is 2. The van der Waals surface area contributed by atoms with E-state index in [1.54, 1.807) is 6.92 Å². The number of benzene rings is 2. The number of pyridine rings is 1. The lowest BCUT2D eigenvalue weighted by atomic mass is 9.95. The third-order valence-corrected chi connectivity index (χ3v) is 9.23. The Morgan fingerprint density at radius 3 is 2.54 bits per heavy atom. The maximum Gasteiger partial charge on any atom is 0.319 e. The Kier molecular flexibility index (Phi) is 8.10. The van der Waals surface area contributed by atoms with Crippen LogP contribution in [0.15, 0.2) is 24.3 Å². The molecule has 10 heteroatoms. The number of hydrogen-bond donors (Lipinski definition) is 2. The maximum atomic E-state index is 17.1. The van der Waals surface area contributed by atoms with Crippen LogP contribution in [0.25, 0.3) is 32.9 Å². The van der Waals surface area contributed by atoms with E-state index in [-0.39, 0.29) is 51.3 Å². The first-order valence-corrected chi connectivity index (χ1v) is 16.0. The normalized spacial score (nSPS) is 20.4.